The third-order valence-corrected chi connectivity index (χ3v) is 2.96. The highest BCUT2D eigenvalue weighted by Crippen LogP contribution is 2.09. The average molecular weight is 239 g/mol. The van der Waals surface area contributed by atoms with Gasteiger partial charge in [0.2, 0.25) is 0 Å². The maximum absolute atomic E-state index is 11.8. The highest BCUT2D eigenvalue weighted by atomic mass is 16.1. The second kappa shape index (κ2) is 4.14. The van der Waals surface area contributed by atoms with Crippen molar-refractivity contribution >= 4 is 5.65 Å². The number of nitrogens with one attached hydrogen (secondary N) is 1. The lowest BCUT2D eigenvalue weighted by Gasteiger charge is -2.01. The Kier molecular flexibility index (Phi) is 2.48. The van der Waals surface area contributed by atoms with E-state index >= 15 is 0 Å². The summed E-state index contributed by atoms with van der Waals surface area (Å²) in [6.45, 7) is 2.05. The molecule has 0 radical (unpaired) electrons. The zero-order valence-electron chi connectivity index (χ0n) is 10.1. The van der Waals surface area contributed by atoms with Crippen molar-refractivity contribution in [3.63, 3.8) is 0 Å². The van der Waals surface area contributed by atoms with E-state index in [1.807, 2.05) is 18.2 Å². The third kappa shape index (κ3) is 1.82. The second-order valence-electron chi connectivity index (χ2n) is 4.39. The maximum atomic E-state index is 11.8. The zero-order valence-corrected chi connectivity index (χ0v) is 10.1. The highest BCUT2D eigenvalue weighted by molar-refractivity contribution is 5.38. The smallest absolute Gasteiger partial charge is 0.257 e. The normalized spacial score (nSPS) is 10.9. The van der Waals surface area contributed by atoms with Gasteiger partial charge in [0.15, 0.2) is 0 Å². The molecular formula is C14H13N3O. The second-order valence-corrected chi connectivity index (χ2v) is 4.39. The first kappa shape index (κ1) is 10.8. The quantitative estimate of drug-likeness (QED) is 0.742. The summed E-state index contributed by atoms with van der Waals surface area (Å²) in [6, 6.07) is 13.3. The van der Waals surface area contributed by atoms with Crippen LogP contribution in [0, 0.1) is 6.92 Å². The standard InChI is InChI=1S/C14H13N3O/c1-10-4-2-5-11(8-10)9-13-16-15-12-6-3-7-14(18)17(12)13/h2-8,15H,9H2,1H3. The summed E-state index contributed by atoms with van der Waals surface area (Å²) in [4.78, 5) is 11.8. The number of pyridine rings is 1. The number of hydrogen-bond donors (Lipinski definition) is 1. The van der Waals surface area contributed by atoms with Gasteiger partial charge in [-0.15, -0.1) is 0 Å². The molecular weight excluding hydrogens is 226 g/mol. The summed E-state index contributed by atoms with van der Waals surface area (Å²) in [5.74, 6) is 0.737. The van der Waals surface area contributed by atoms with Crippen LogP contribution >= 0.6 is 0 Å². The number of rotatable bonds is 2. The van der Waals surface area contributed by atoms with Crippen LogP contribution in [0.3, 0.4) is 0 Å². The molecule has 1 N–H and O–H groups in total. The molecule has 0 atom stereocenters. The van der Waals surface area contributed by atoms with Crippen LogP contribution in [-0.4, -0.2) is 14.6 Å². The fourth-order valence-corrected chi connectivity index (χ4v) is 2.14. The number of fused-ring (bicyclic) bond motifs is 1. The first-order valence-electron chi connectivity index (χ1n) is 5.84. The van der Waals surface area contributed by atoms with Gasteiger partial charge in [-0.3, -0.25) is 9.89 Å². The number of aromatic nitrogens is 3. The van der Waals surface area contributed by atoms with Gasteiger partial charge in [-0.2, -0.15) is 5.10 Å². The van der Waals surface area contributed by atoms with E-state index in [2.05, 4.69) is 29.3 Å². The molecule has 4 nitrogen and oxygen atoms in total. The molecule has 0 saturated heterocycles. The number of nitrogens with zero attached hydrogens (tertiary/aromatic N) is 2. The van der Waals surface area contributed by atoms with Crippen molar-refractivity contribution in [1.82, 2.24) is 14.6 Å². The maximum Gasteiger partial charge on any atom is 0.257 e. The molecule has 0 amide bonds. The van der Waals surface area contributed by atoms with Crippen molar-refractivity contribution in [1.29, 1.82) is 0 Å². The van der Waals surface area contributed by atoms with E-state index in [9.17, 15) is 4.79 Å². The summed E-state index contributed by atoms with van der Waals surface area (Å²) in [5, 5.41) is 7.10. The van der Waals surface area contributed by atoms with Crippen molar-refractivity contribution in [2.45, 2.75) is 13.3 Å². The molecule has 0 spiro atoms. The third-order valence-electron chi connectivity index (χ3n) is 2.96. The van der Waals surface area contributed by atoms with E-state index in [1.54, 1.807) is 16.5 Å². The Morgan fingerprint density at radius 2 is 2.06 bits per heavy atom. The van der Waals surface area contributed by atoms with Gasteiger partial charge in [0.1, 0.15) is 11.5 Å². The van der Waals surface area contributed by atoms with Gasteiger partial charge in [-0.1, -0.05) is 35.9 Å². The number of H-pyrrole nitrogens is 1. The summed E-state index contributed by atoms with van der Waals surface area (Å²) >= 11 is 0. The zero-order chi connectivity index (χ0) is 12.5. The predicted octanol–water partition coefficient (Wildman–Crippen LogP) is 1.92. The average Bonchev–Trinajstić information content (AvgIpc) is 2.74. The lowest BCUT2D eigenvalue weighted by Crippen LogP contribution is -2.13. The molecule has 90 valence electrons. The summed E-state index contributed by atoms with van der Waals surface area (Å²) in [5.41, 5.74) is 3.04. The van der Waals surface area contributed by atoms with Gasteiger partial charge in [-0.05, 0) is 18.6 Å². The lowest BCUT2D eigenvalue weighted by molar-refractivity contribution is 0.916. The van der Waals surface area contributed by atoms with Crippen molar-refractivity contribution in [2.24, 2.45) is 0 Å². The van der Waals surface area contributed by atoms with Crippen molar-refractivity contribution in [2.75, 3.05) is 0 Å². The summed E-state index contributed by atoms with van der Waals surface area (Å²) < 4.78 is 1.61. The molecule has 3 aromatic rings. The molecule has 0 unspecified atom stereocenters. The first-order valence-corrected chi connectivity index (χ1v) is 5.84. The minimum atomic E-state index is -0.0519. The molecule has 0 aliphatic rings. The molecule has 0 bridgehead atoms. The SMILES string of the molecule is Cc1cccc(Cc2n[nH]c3cccc(=O)n23)c1. The fraction of sp³-hybridized carbons (Fsp3) is 0.143. The Bertz CT molecular complexity index is 755. The Balaban J connectivity index is 2.08. The Morgan fingerprint density at radius 3 is 2.89 bits per heavy atom. The van der Waals surface area contributed by atoms with Crippen LogP contribution in [0.15, 0.2) is 47.3 Å². The van der Waals surface area contributed by atoms with E-state index in [-0.39, 0.29) is 5.56 Å². The molecule has 2 aromatic heterocycles. The van der Waals surface area contributed by atoms with Gasteiger partial charge in [0, 0.05) is 12.5 Å². The summed E-state index contributed by atoms with van der Waals surface area (Å²) in [6.07, 6.45) is 0.644. The van der Waals surface area contributed by atoms with E-state index in [1.165, 1.54) is 5.56 Å². The molecule has 0 saturated carbocycles. The Morgan fingerprint density at radius 1 is 1.22 bits per heavy atom. The van der Waals surface area contributed by atoms with E-state index < -0.39 is 0 Å². The van der Waals surface area contributed by atoms with Crippen molar-refractivity contribution in [3.05, 3.63) is 69.8 Å². The molecule has 0 aliphatic carbocycles. The van der Waals surface area contributed by atoms with Crippen LogP contribution in [-0.2, 0) is 6.42 Å². The minimum absolute atomic E-state index is 0.0519. The van der Waals surface area contributed by atoms with Crippen molar-refractivity contribution < 1.29 is 0 Å². The monoisotopic (exact) mass is 239 g/mol. The van der Waals surface area contributed by atoms with Gasteiger partial charge in [0.25, 0.3) is 5.56 Å². The lowest BCUT2D eigenvalue weighted by atomic mass is 10.1. The molecule has 0 fully saturated rings. The van der Waals surface area contributed by atoms with E-state index in [0.717, 1.165) is 17.0 Å². The highest BCUT2D eigenvalue weighted by Gasteiger charge is 2.07. The van der Waals surface area contributed by atoms with Crippen LogP contribution in [0.1, 0.15) is 17.0 Å². The van der Waals surface area contributed by atoms with Crippen LogP contribution in [0.4, 0.5) is 0 Å². The van der Waals surface area contributed by atoms with Crippen LogP contribution in [0.25, 0.3) is 5.65 Å². The fourth-order valence-electron chi connectivity index (χ4n) is 2.14. The minimum Gasteiger partial charge on any atom is -0.269 e. The number of hydrogen-bond acceptors (Lipinski definition) is 2. The molecule has 2 heterocycles. The Labute approximate surface area is 104 Å². The molecule has 18 heavy (non-hydrogen) atoms. The number of aryl methyl sites for hydroxylation is 1. The number of benzene rings is 1. The van der Waals surface area contributed by atoms with Crippen LogP contribution in [0.2, 0.25) is 0 Å². The van der Waals surface area contributed by atoms with Gasteiger partial charge in [0.05, 0.1) is 0 Å². The Hall–Kier alpha value is -2.36. The predicted molar refractivity (Wildman–Crippen MR) is 69.8 cm³/mol. The largest absolute Gasteiger partial charge is 0.269 e. The molecule has 1 aromatic carbocycles. The van der Waals surface area contributed by atoms with Gasteiger partial charge in [-0.25, -0.2) is 4.40 Å². The van der Waals surface area contributed by atoms with E-state index in [4.69, 9.17) is 0 Å². The summed E-state index contributed by atoms with van der Waals surface area (Å²) in [7, 11) is 0. The molecule has 4 heteroatoms. The van der Waals surface area contributed by atoms with Crippen molar-refractivity contribution in [3.8, 4) is 0 Å². The van der Waals surface area contributed by atoms with Crippen LogP contribution < -0.4 is 5.56 Å². The topological polar surface area (TPSA) is 50.2 Å². The van der Waals surface area contributed by atoms with Gasteiger partial charge >= 0.3 is 0 Å². The molecule has 0 aliphatic heterocycles. The van der Waals surface area contributed by atoms with E-state index in [0.29, 0.717) is 6.42 Å². The first-order chi connectivity index (χ1) is 8.74. The molecule has 3 rings (SSSR count). The van der Waals surface area contributed by atoms with Crippen LogP contribution in [0.5, 0.6) is 0 Å². The number of aromatic amines is 1. The van der Waals surface area contributed by atoms with Gasteiger partial charge < -0.3 is 0 Å².